The molecule has 0 aliphatic heterocycles. The number of esters is 1. The minimum atomic E-state index is -0.671. The molecule has 0 unspecified atom stereocenters. The Balaban J connectivity index is 1.67. The number of carbonyl (C=O) groups excluding carboxylic acids is 1. The highest BCUT2D eigenvalue weighted by molar-refractivity contribution is 5.93. The molecule has 0 radical (unpaired) electrons. The molecule has 0 saturated heterocycles. The number of nitrogens with zero attached hydrogens (tertiary/aromatic N) is 5. The molecule has 2 aromatic heterocycles. The van der Waals surface area contributed by atoms with E-state index in [-0.39, 0.29) is 35.5 Å². The van der Waals surface area contributed by atoms with Gasteiger partial charge in [0, 0.05) is 32.2 Å². The first-order valence-corrected chi connectivity index (χ1v) is 13.4. The number of halogens is 1. The Bertz CT molecular complexity index is 1590. The van der Waals surface area contributed by atoms with Gasteiger partial charge in [0.2, 0.25) is 0 Å². The number of hydrogen-bond acceptors (Lipinski definition) is 8. The van der Waals surface area contributed by atoms with Crippen molar-refractivity contribution < 1.29 is 13.9 Å². The van der Waals surface area contributed by atoms with Gasteiger partial charge in [0.1, 0.15) is 11.7 Å². The van der Waals surface area contributed by atoms with E-state index < -0.39 is 17.5 Å². The number of nitriles is 1. The van der Waals surface area contributed by atoms with Crippen molar-refractivity contribution in [2.45, 2.75) is 45.8 Å². The highest BCUT2D eigenvalue weighted by atomic mass is 19.1. The average Bonchev–Trinajstić information content (AvgIpc) is 3.23. The van der Waals surface area contributed by atoms with Gasteiger partial charge in [-0.2, -0.15) is 10.4 Å². The molecule has 2 heterocycles. The van der Waals surface area contributed by atoms with Gasteiger partial charge in [0.15, 0.2) is 23.3 Å². The zero-order chi connectivity index (χ0) is 29.9. The van der Waals surface area contributed by atoms with Gasteiger partial charge in [-0.1, -0.05) is 37.3 Å². The molecular weight excluding hydrogens is 521 g/mol. The third kappa shape index (κ3) is 6.92. The first-order chi connectivity index (χ1) is 19.4. The van der Waals surface area contributed by atoms with Crippen LogP contribution < -0.4 is 15.5 Å². The molecule has 0 spiro atoms. The number of aryl methyl sites for hydroxylation is 1. The van der Waals surface area contributed by atoms with Crippen LogP contribution in [0.1, 0.15) is 51.3 Å². The van der Waals surface area contributed by atoms with Crippen LogP contribution in [-0.4, -0.2) is 40.4 Å². The molecule has 0 aliphatic carbocycles. The van der Waals surface area contributed by atoms with Crippen LogP contribution in [0, 0.1) is 23.1 Å². The Morgan fingerprint density at radius 3 is 2.49 bits per heavy atom. The van der Waals surface area contributed by atoms with Crippen LogP contribution in [0.2, 0.25) is 0 Å². The zero-order valence-electron chi connectivity index (χ0n) is 24.5. The number of nitrogens with one attached hydrogen (secondary N) is 2. The lowest BCUT2D eigenvalue weighted by Gasteiger charge is -2.27. The summed E-state index contributed by atoms with van der Waals surface area (Å²) in [5.41, 5.74) is 1.93. The third-order valence-corrected chi connectivity index (χ3v) is 6.54. The molecule has 10 heteroatoms. The fourth-order valence-electron chi connectivity index (χ4n) is 4.69. The van der Waals surface area contributed by atoms with Gasteiger partial charge in [-0.15, -0.1) is 0 Å². The predicted molar refractivity (Wildman–Crippen MR) is 160 cm³/mol. The molecule has 2 aromatic carbocycles. The summed E-state index contributed by atoms with van der Waals surface area (Å²) in [6, 6.07) is 17.9. The van der Waals surface area contributed by atoms with Crippen LogP contribution in [0.3, 0.4) is 0 Å². The molecule has 41 heavy (non-hydrogen) atoms. The van der Waals surface area contributed by atoms with Crippen molar-refractivity contribution >= 4 is 40.0 Å². The molecule has 4 aromatic rings. The quantitative estimate of drug-likeness (QED) is 0.231. The van der Waals surface area contributed by atoms with E-state index in [2.05, 4.69) is 20.7 Å². The highest BCUT2D eigenvalue weighted by Crippen LogP contribution is 2.33. The Labute approximate surface area is 239 Å². The number of rotatable bonds is 9. The molecule has 0 aliphatic rings. The molecule has 4 rings (SSSR count). The van der Waals surface area contributed by atoms with E-state index in [1.54, 1.807) is 4.68 Å². The normalized spacial score (nSPS) is 12.9. The topological polar surface area (TPSA) is 108 Å². The van der Waals surface area contributed by atoms with E-state index in [0.29, 0.717) is 5.69 Å². The van der Waals surface area contributed by atoms with Crippen LogP contribution in [0.15, 0.2) is 54.6 Å². The van der Waals surface area contributed by atoms with Crippen LogP contribution >= 0.6 is 0 Å². The molecular formula is C31H36FN7O2. The number of aromatic nitrogens is 3. The Kier molecular flexibility index (Phi) is 8.47. The number of fused-ring (bicyclic) bond motifs is 1. The summed E-state index contributed by atoms with van der Waals surface area (Å²) in [5, 5.41) is 21.6. The summed E-state index contributed by atoms with van der Waals surface area (Å²) in [6.07, 6.45) is 0.117. The first kappa shape index (κ1) is 29.3. The molecule has 0 fully saturated rings. The average molecular weight is 558 g/mol. The molecule has 0 bridgehead atoms. The molecule has 2 atom stereocenters. The number of anilines is 4. The summed E-state index contributed by atoms with van der Waals surface area (Å²) in [4.78, 5) is 19.1. The first-order valence-electron chi connectivity index (χ1n) is 13.4. The molecule has 2 N–H and O–H groups in total. The molecule has 214 valence electrons. The van der Waals surface area contributed by atoms with Gasteiger partial charge < -0.3 is 20.3 Å². The summed E-state index contributed by atoms with van der Waals surface area (Å²) in [7, 11) is 5.72. The van der Waals surface area contributed by atoms with Crippen molar-refractivity contribution in [1.82, 2.24) is 14.8 Å². The Morgan fingerprint density at radius 2 is 1.85 bits per heavy atom. The van der Waals surface area contributed by atoms with Gasteiger partial charge in [-0.05, 0) is 56.5 Å². The largest absolute Gasteiger partial charge is 0.460 e. The molecule has 0 saturated carbocycles. The van der Waals surface area contributed by atoms with E-state index in [0.717, 1.165) is 28.4 Å². The minimum Gasteiger partial charge on any atom is -0.460 e. The third-order valence-electron chi connectivity index (χ3n) is 6.54. The van der Waals surface area contributed by atoms with Crippen LogP contribution in [0.4, 0.5) is 27.5 Å². The summed E-state index contributed by atoms with van der Waals surface area (Å²) in [6.45, 7) is 7.36. The Hall–Kier alpha value is -4.65. The van der Waals surface area contributed by atoms with Crippen LogP contribution in [0.5, 0.6) is 0 Å². The summed E-state index contributed by atoms with van der Waals surface area (Å²) in [5.74, 6) is -0.310. The molecule has 9 nitrogen and oxygen atoms in total. The van der Waals surface area contributed by atoms with Crippen molar-refractivity contribution in [2.24, 2.45) is 13.0 Å². The maximum Gasteiger partial charge on any atom is 0.306 e. The van der Waals surface area contributed by atoms with Gasteiger partial charge >= 0.3 is 5.97 Å². The number of carbonyl (C=O) groups is 1. The Morgan fingerprint density at radius 1 is 1.15 bits per heavy atom. The second kappa shape index (κ2) is 11.8. The van der Waals surface area contributed by atoms with E-state index in [1.165, 1.54) is 0 Å². The van der Waals surface area contributed by atoms with Gasteiger partial charge in [-0.3, -0.25) is 9.48 Å². The van der Waals surface area contributed by atoms with Gasteiger partial charge in [0.05, 0.1) is 23.5 Å². The predicted octanol–water partition coefficient (Wildman–Crippen LogP) is 6.31. The van der Waals surface area contributed by atoms with E-state index in [4.69, 9.17) is 4.74 Å². The smallest absolute Gasteiger partial charge is 0.306 e. The van der Waals surface area contributed by atoms with Crippen LogP contribution in [0.25, 0.3) is 10.9 Å². The van der Waals surface area contributed by atoms with Crippen LogP contribution in [-0.2, 0) is 16.6 Å². The number of benzene rings is 2. The fourth-order valence-corrected chi connectivity index (χ4v) is 4.69. The van der Waals surface area contributed by atoms with E-state index in [9.17, 15) is 10.1 Å². The zero-order valence-corrected chi connectivity index (χ0v) is 24.5. The number of hydrogen-bond donors (Lipinski definition) is 2. The lowest BCUT2D eigenvalue weighted by atomic mass is 9.91. The van der Waals surface area contributed by atoms with Crippen molar-refractivity contribution in [3.63, 3.8) is 0 Å². The second-order valence-electron chi connectivity index (χ2n) is 11.3. The summed E-state index contributed by atoms with van der Waals surface area (Å²) < 4.78 is 22.7. The van der Waals surface area contributed by atoms with E-state index in [1.807, 2.05) is 108 Å². The molecule has 0 amide bonds. The summed E-state index contributed by atoms with van der Waals surface area (Å²) >= 11 is 0. The fraction of sp³-hybridized carbons (Fsp3) is 0.355. The SMILES string of the molecule is C[C@H](CC(=O)OC(C)(C)C)[C@H](Nc1nc(Nc2ccc3c(c2)c(N(C)C)nn3C)c(C#N)cc1F)c1ccccc1. The number of pyridine rings is 1. The number of ether oxygens (including phenoxy) is 1. The van der Waals surface area contributed by atoms with Crippen molar-refractivity contribution in [3.8, 4) is 6.07 Å². The van der Waals surface area contributed by atoms with E-state index >= 15 is 4.39 Å². The maximum absolute atomic E-state index is 15.3. The monoisotopic (exact) mass is 557 g/mol. The standard InChI is InChI=1S/C31H36FN7O2/c1-19(15-26(40)41-31(2,3)4)27(20-11-9-8-10-12-20)35-29-24(32)16-21(18-33)28(36-29)34-22-13-14-25-23(17-22)30(38(5)6)37-39(25)7/h8-14,16-17,19,27H,15H2,1-7H3,(H2,34,35,36)/t19-,27+/m1/s1. The lowest BCUT2D eigenvalue weighted by molar-refractivity contribution is -0.155. The second-order valence-corrected chi connectivity index (χ2v) is 11.3. The van der Waals surface area contributed by atoms with Crippen molar-refractivity contribution in [1.29, 1.82) is 5.26 Å². The lowest BCUT2D eigenvalue weighted by Crippen LogP contribution is -2.28. The van der Waals surface area contributed by atoms with Gasteiger partial charge in [0.25, 0.3) is 0 Å². The van der Waals surface area contributed by atoms with Crippen molar-refractivity contribution in [2.75, 3.05) is 29.6 Å². The van der Waals surface area contributed by atoms with Crippen molar-refractivity contribution in [3.05, 3.63) is 71.5 Å². The maximum atomic E-state index is 15.3. The van der Waals surface area contributed by atoms with Gasteiger partial charge in [-0.25, -0.2) is 9.37 Å². The highest BCUT2D eigenvalue weighted by Gasteiger charge is 2.27. The minimum absolute atomic E-state index is 0.0344.